The van der Waals surface area contributed by atoms with Gasteiger partial charge in [0.2, 0.25) is 0 Å². The molecule has 0 saturated carbocycles. The van der Waals surface area contributed by atoms with Crippen molar-refractivity contribution in [1.82, 2.24) is 0 Å². The molecule has 1 aliphatic heterocycles. The van der Waals surface area contributed by atoms with Gasteiger partial charge < -0.3 is 9.80 Å². The fourth-order valence-corrected chi connectivity index (χ4v) is 3.82. The van der Waals surface area contributed by atoms with E-state index in [1.165, 1.54) is 4.90 Å². The molecule has 0 radical (unpaired) electrons. The van der Waals surface area contributed by atoms with Crippen LogP contribution in [0.5, 0.6) is 0 Å². The summed E-state index contributed by atoms with van der Waals surface area (Å²) in [7, 11) is -1.81. The summed E-state index contributed by atoms with van der Waals surface area (Å²) in [6.45, 7) is 4.02. The first-order chi connectivity index (χ1) is 11.8. The van der Waals surface area contributed by atoms with Crippen LogP contribution in [0.1, 0.15) is 0 Å². The molecule has 5 nitrogen and oxygen atoms in total. The van der Waals surface area contributed by atoms with Crippen LogP contribution in [-0.4, -0.2) is 41.6 Å². The van der Waals surface area contributed by atoms with Crippen LogP contribution < -0.4 is 14.5 Å². The van der Waals surface area contributed by atoms with Crippen LogP contribution >= 0.6 is 0 Å². The highest BCUT2D eigenvalue weighted by Gasteiger charge is 2.19. The smallest absolute Gasteiger partial charge is 0.261 e. The van der Waals surface area contributed by atoms with Crippen molar-refractivity contribution in [3.63, 3.8) is 0 Å². The fourth-order valence-electron chi connectivity index (χ4n) is 2.75. The second kappa shape index (κ2) is 6.97. The lowest BCUT2D eigenvalue weighted by molar-refractivity contribution is -0.880. The van der Waals surface area contributed by atoms with Gasteiger partial charge in [-0.2, -0.15) is 0 Å². The Bertz CT molecular complexity index is 849. The topological polar surface area (TPSA) is 53.9 Å². The third-order valence-corrected chi connectivity index (χ3v) is 5.68. The molecule has 2 aromatic carbocycles. The third-order valence-electron chi connectivity index (χ3n) is 4.30. The molecule has 0 spiro atoms. The van der Waals surface area contributed by atoms with Gasteiger partial charge in [0.05, 0.1) is 38.1 Å². The van der Waals surface area contributed by atoms with Crippen molar-refractivity contribution in [3.05, 3.63) is 54.1 Å². The number of hydrogen-bond acceptors (Lipinski definition) is 3. The van der Waals surface area contributed by atoms with Gasteiger partial charge in [0.1, 0.15) is 0 Å². The zero-order valence-electron chi connectivity index (χ0n) is 13.8. The molecular weight excluding hydrogens is 348 g/mol. The first-order valence-electron chi connectivity index (χ1n) is 7.99. The molecule has 8 heteroatoms. The number of hydrogen-bond donors (Lipinski definition) is 2. The lowest BCUT2D eigenvalue weighted by Gasteiger charge is -2.31. The summed E-state index contributed by atoms with van der Waals surface area (Å²) in [5.41, 5.74) is 1.40. The number of quaternary nitrogens is 1. The Labute approximate surface area is 145 Å². The Morgan fingerprint density at radius 1 is 1.00 bits per heavy atom. The maximum atomic E-state index is 13.3. The summed E-state index contributed by atoms with van der Waals surface area (Å²) in [5.74, 6) is -2.28. The summed E-state index contributed by atoms with van der Waals surface area (Å²) >= 11 is 0. The average Bonchev–Trinajstić information content (AvgIpc) is 2.58. The normalized spacial score (nSPS) is 16.0. The lowest BCUT2D eigenvalue weighted by Crippen LogP contribution is -3.12. The van der Waals surface area contributed by atoms with E-state index in [4.69, 9.17) is 0 Å². The minimum absolute atomic E-state index is 0.322. The number of halogens is 2. The number of sulfonamides is 1. The molecule has 1 heterocycles. The van der Waals surface area contributed by atoms with Gasteiger partial charge in [-0.25, -0.2) is 17.2 Å². The first-order valence-corrected chi connectivity index (χ1v) is 9.48. The van der Waals surface area contributed by atoms with E-state index in [1.54, 1.807) is 12.1 Å². The molecule has 134 valence electrons. The highest BCUT2D eigenvalue weighted by Crippen LogP contribution is 2.21. The summed E-state index contributed by atoms with van der Waals surface area (Å²) in [5, 5.41) is 0. The van der Waals surface area contributed by atoms with Crippen LogP contribution in [0.4, 0.5) is 20.2 Å². The molecule has 0 bridgehead atoms. The van der Waals surface area contributed by atoms with Crippen molar-refractivity contribution in [2.75, 3.05) is 42.8 Å². The largest absolute Gasteiger partial charge is 0.360 e. The summed E-state index contributed by atoms with van der Waals surface area (Å²) in [6, 6.07) is 9.52. The van der Waals surface area contributed by atoms with E-state index in [1.807, 2.05) is 12.1 Å². The SMILES string of the molecule is C[NH+]1CCN(c2ccc(NS(=O)(=O)c3ccc(F)c(F)c3)cc2)CC1. The highest BCUT2D eigenvalue weighted by molar-refractivity contribution is 7.92. The summed E-state index contributed by atoms with van der Waals surface area (Å²) in [4.78, 5) is 3.42. The van der Waals surface area contributed by atoms with Gasteiger partial charge in [0.15, 0.2) is 11.6 Å². The number of piperazine rings is 1. The zero-order chi connectivity index (χ0) is 18.0. The molecule has 3 rings (SSSR count). The van der Waals surface area contributed by atoms with Crippen molar-refractivity contribution in [3.8, 4) is 0 Å². The molecule has 25 heavy (non-hydrogen) atoms. The molecule has 0 aliphatic carbocycles. The number of rotatable bonds is 4. The molecule has 0 unspecified atom stereocenters. The standard InChI is InChI=1S/C17H19F2N3O2S/c1-21-8-10-22(11-9-21)14-4-2-13(3-5-14)20-25(23,24)15-6-7-16(18)17(19)12-15/h2-7,12,20H,8-11H2,1H3/p+1. The van der Waals surface area contributed by atoms with E-state index < -0.39 is 21.7 Å². The van der Waals surface area contributed by atoms with E-state index in [-0.39, 0.29) is 4.90 Å². The molecule has 0 aromatic heterocycles. The van der Waals surface area contributed by atoms with Gasteiger partial charge in [-0.05, 0) is 42.5 Å². The van der Waals surface area contributed by atoms with Gasteiger partial charge in [-0.1, -0.05) is 0 Å². The van der Waals surface area contributed by atoms with Gasteiger partial charge >= 0.3 is 0 Å². The molecule has 1 saturated heterocycles. The second-order valence-corrected chi connectivity index (χ2v) is 7.85. The van der Waals surface area contributed by atoms with Crippen LogP contribution in [0.25, 0.3) is 0 Å². The molecule has 2 aromatic rings. The Morgan fingerprint density at radius 2 is 1.64 bits per heavy atom. The highest BCUT2D eigenvalue weighted by atomic mass is 32.2. The minimum atomic E-state index is -3.97. The number of nitrogens with one attached hydrogen (secondary N) is 2. The summed E-state index contributed by atoms with van der Waals surface area (Å²) < 4.78 is 53.2. The maximum Gasteiger partial charge on any atom is 0.261 e. The zero-order valence-corrected chi connectivity index (χ0v) is 14.6. The molecule has 1 aliphatic rings. The average molecular weight is 368 g/mol. The second-order valence-electron chi connectivity index (χ2n) is 6.17. The molecule has 2 N–H and O–H groups in total. The van der Waals surface area contributed by atoms with Crippen LogP contribution in [0.15, 0.2) is 47.4 Å². The predicted octanol–water partition coefficient (Wildman–Crippen LogP) is 1.10. The Hall–Kier alpha value is -2.19. The van der Waals surface area contributed by atoms with Crippen molar-refractivity contribution in [2.45, 2.75) is 4.90 Å². The van der Waals surface area contributed by atoms with Crippen molar-refractivity contribution >= 4 is 21.4 Å². The van der Waals surface area contributed by atoms with Gasteiger partial charge in [0.25, 0.3) is 10.0 Å². The van der Waals surface area contributed by atoms with Gasteiger partial charge in [-0.3, -0.25) is 4.72 Å². The van der Waals surface area contributed by atoms with Crippen molar-refractivity contribution < 1.29 is 22.1 Å². The fraction of sp³-hybridized carbons (Fsp3) is 0.294. The van der Waals surface area contributed by atoms with E-state index in [0.717, 1.165) is 44.0 Å². The van der Waals surface area contributed by atoms with Gasteiger partial charge in [0, 0.05) is 11.4 Å². The van der Waals surface area contributed by atoms with Crippen LogP contribution in [-0.2, 0) is 10.0 Å². The third kappa shape index (κ3) is 4.08. The first kappa shape index (κ1) is 17.6. The molecule has 0 atom stereocenters. The Morgan fingerprint density at radius 3 is 2.24 bits per heavy atom. The number of likely N-dealkylation sites (N-methyl/N-ethyl adjacent to an activating group) is 1. The van der Waals surface area contributed by atoms with Crippen LogP contribution in [0, 0.1) is 11.6 Å². The molecule has 0 amide bonds. The van der Waals surface area contributed by atoms with Crippen molar-refractivity contribution in [2.24, 2.45) is 0 Å². The maximum absolute atomic E-state index is 13.3. The minimum Gasteiger partial charge on any atom is -0.360 e. The Kier molecular flexibility index (Phi) is 4.91. The van der Waals surface area contributed by atoms with Gasteiger partial charge in [-0.15, -0.1) is 0 Å². The van der Waals surface area contributed by atoms with Crippen LogP contribution in [0.3, 0.4) is 0 Å². The summed E-state index contributed by atoms with van der Waals surface area (Å²) in [6.07, 6.45) is 0. The van der Waals surface area contributed by atoms with E-state index in [9.17, 15) is 17.2 Å². The molecule has 1 fully saturated rings. The Balaban J connectivity index is 1.73. The van der Waals surface area contributed by atoms with Crippen LogP contribution in [0.2, 0.25) is 0 Å². The number of benzene rings is 2. The monoisotopic (exact) mass is 368 g/mol. The van der Waals surface area contributed by atoms with E-state index >= 15 is 0 Å². The van der Waals surface area contributed by atoms with Crippen molar-refractivity contribution in [1.29, 1.82) is 0 Å². The predicted molar refractivity (Wildman–Crippen MR) is 92.4 cm³/mol. The number of nitrogens with zero attached hydrogens (tertiary/aromatic N) is 1. The van der Waals surface area contributed by atoms with E-state index in [2.05, 4.69) is 16.7 Å². The number of anilines is 2. The van der Waals surface area contributed by atoms with E-state index in [0.29, 0.717) is 11.8 Å². The quantitative estimate of drug-likeness (QED) is 0.850. The lowest BCUT2D eigenvalue weighted by atomic mass is 10.2. The molecular formula is C17H20F2N3O2S+.